The van der Waals surface area contributed by atoms with Crippen LogP contribution in [0.25, 0.3) is 0 Å². The van der Waals surface area contributed by atoms with E-state index in [0.29, 0.717) is 11.4 Å². The molecule has 20 heavy (non-hydrogen) atoms. The largest absolute Gasteiger partial charge is 0.315 e. The Hall–Kier alpha value is -0.390. The van der Waals surface area contributed by atoms with E-state index in [-0.39, 0.29) is 5.75 Å². The van der Waals surface area contributed by atoms with Gasteiger partial charge in [-0.3, -0.25) is 0 Å². The fourth-order valence-corrected chi connectivity index (χ4v) is 4.13. The van der Waals surface area contributed by atoms with Crippen molar-refractivity contribution in [1.29, 1.82) is 0 Å². The molecule has 0 aliphatic heterocycles. The highest BCUT2D eigenvalue weighted by Gasteiger charge is 2.15. The van der Waals surface area contributed by atoms with Crippen molar-refractivity contribution in [3.8, 4) is 0 Å². The molecule has 1 aromatic carbocycles. The Labute approximate surface area is 130 Å². The van der Waals surface area contributed by atoms with E-state index in [0.717, 1.165) is 16.9 Å². The first-order chi connectivity index (χ1) is 9.58. The van der Waals surface area contributed by atoms with E-state index in [1.165, 1.54) is 32.1 Å². The minimum Gasteiger partial charge on any atom is -0.315 e. The van der Waals surface area contributed by atoms with Crippen LogP contribution in [0.15, 0.2) is 33.6 Å². The normalized spacial score (nSPS) is 17.2. The fourth-order valence-electron chi connectivity index (χ4n) is 2.66. The van der Waals surface area contributed by atoms with Crippen LogP contribution in [0.3, 0.4) is 0 Å². The van der Waals surface area contributed by atoms with E-state index >= 15 is 0 Å². The first-order valence-corrected chi connectivity index (χ1v) is 9.71. The molecule has 0 radical (unpaired) electrons. The molecule has 2 rings (SSSR count). The summed E-state index contributed by atoms with van der Waals surface area (Å²) in [7, 11) is -3.16. The summed E-state index contributed by atoms with van der Waals surface area (Å²) in [5, 5.41) is 3.30. The lowest BCUT2D eigenvalue weighted by molar-refractivity contribution is 0.345. The van der Waals surface area contributed by atoms with Crippen molar-refractivity contribution in [2.24, 2.45) is 5.92 Å². The Kier molecular flexibility index (Phi) is 6.05. The number of benzene rings is 1. The Morgan fingerprint density at radius 1 is 1.10 bits per heavy atom. The Bertz CT molecular complexity index is 507. The SMILES string of the molecule is O=S(=O)(CCNCC1CCCCC1)c1ccc(Br)cc1. The molecule has 1 aromatic rings. The average Bonchev–Trinajstić information content (AvgIpc) is 2.45. The second-order valence-electron chi connectivity index (χ2n) is 5.48. The summed E-state index contributed by atoms with van der Waals surface area (Å²) in [6.45, 7) is 1.49. The molecule has 0 heterocycles. The molecule has 0 spiro atoms. The topological polar surface area (TPSA) is 46.2 Å². The van der Waals surface area contributed by atoms with Crippen molar-refractivity contribution in [2.75, 3.05) is 18.8 Å². The van der Waals surface area contributed by atoms with E-state index in [1.807, 2.05) is 0 Å². The summed E-state index contributed by atoms with van der Waals surface area (Å²) < 4.78 is 25.2. The smallest absolute Gasteiger partial charge is 0.179 e. The zero-order valence-electron chi connectivity index (χ0n) is 11.6. The molecule has 0 unspecified atom stereocenters. The fraction of sp³-hybridized carbons (Fsp3) is 0.600. The van der Waals surface area contributed by atoms with Crippen molar-refractivity contribution in [3.05, 3.63) is 28.7 Å². The molecule has 1 saturated carbocycles. The summed E-state index contributed by atoms with van der Waals surface area (Å²) >= 11 is 3.31. The molecular formula is C15H22BrNO2S. The minimum absolute atomic E-state index is 0.168. The summed E-state index contributed by atoms with van der Waals surface area (Å²) in [6.07, 6.45) is 6.57. The molecular weight excluding hydrogens is 338 g/mol. The Morgan fingerprint density at radius 3 is 2.40 bits per heavy atom. The van der Waals surface area contributed by atoms with Crippen molar-refractivity contribution in [1.82, 2.24) is 5.32 Å². The van der Waals surface area contributed by atoms with E-state index in [2.05, 4.69) is 21.2 Å². The van der Waals surface area contributed by atoms with Crippen molar-refractivity contribution in [2.45, 2.75) is 37.0 Å². The molecule has 1 aliphatic carbocycles. The maximum atomic E-state index is 12.1. The van der Waals surface area contributed by atoms with Gasteiger partial charge in [-0.05, 0) is 49.6 Å². The summed E-state index contributed by atoms with van der Waals surface area (Å²) in [4.78, 5) is 0.403. The van der Waals surface area contributed by atoms with Crippen LogP contribution in [-0.2, 0) is 9.84 Å². The lowest BCUT2D eigenvalue weighted by atomic mass is 9.89. The minimum atomic E-state index is -3.16. The number of nitrogens with one attached hydrogen (secondary N) is 1. The van der Waals surface area contributed by atoms with Gasteiger partial charge < -0.3 is 5.32 Å². The van der Waals surface area contributed by atoms with Crippen molar-refractivity contribution >= 4 is 25.8 Å². The van der Waals surface area contributed by atoms with Crippen LogP contribution in [0.4, 0.5) is 0 Å². The number of sulfone groups is 1. The predicted molar refractivity (Wildman–Crippen MR) is 85.6 cm³/mol. The van der Waals surface area contributed by atoms with Crippen molar-refractivity contribution in [3.63, 3.8) is 0 Å². The molecule has 0 saturated heterocycles. The number of rotatable bonds is 6. The summed E-state index contributed by atoms with van der Waals surface area (Å²) in [5.74, 6) is 0.903. The summed E-state index contributed by atoms with van der Waals surface area (Å²) in [5.41, 5.74) is 0. The van der Waals surface area contributed by atoms with Crippen molar-refractivity contribution < 1.29 is 8.42 Å². The molecule has 0 amide bonds. The van der Waals surface area contributed by atoms with Crippen LogP contribution < -0.4 is 5.32 Å². The van der Waals surface area contributed by atoms with Gasteiger partial charge in [-0.25, -0.2) is 8.42 Å². The third-order valence-electron chi connectivity index (χ3n) is 3.88. The van der Waals surface area contributed by atoms with Crippen LogP contribution in [0.1, 0.15) is 32.1 Å². The highest BCUT2D eigenvalue weighted by molar-refractivity contribution is 9.10. The van der Waals surface area contributed by atoms with Crippen LogP contribution >= 0.6 is 15.9 Å². The Morgan fingerprint density at radius 2 is 1.75 bits per heavy atom. The monoisotopic (exact) mass is 359 g/mol. The van der Waals surface area contributed by atoms with E-state index in [4.69, 9.17) is 0 Å². The van der Waals surface area contributed by atoms with Gasteiger partial charge in [0.25, 0.3) is 0 Å². The number of hydrogen-bond donors (Lipinski definition) is 1. The second kappa shape index (κ2) is 7.57. The van der Waals surface area contributed by atoms with E-state index in [9.17, 15) is 8.42 Å². The predicted octanol–water partition coefficient (Wildman–Crippen LogP) is 3.39. The third-order valence-corrected chi connectivity index (χ3v) is 6.14. The second-order valence-corrected chi connectivity index (χ2v) is 8.51. The van der Waals surface area contributed by atoms with E-state index < -0.39 is 9.84 Å². The lowest BCUT2D eigenvalue weighted by Crippen LogP contribution is -2.29. The zero-order valence-corrected chi connectivity index (χ0v) is 14.0. The molecule has 0 aromatic heterocycles. The number of hydrogen-bond acceptors (Lipinski definition) is 3. The standard InChI is InChI=1S/C15H22BrNO2S/c16-14-6-8-15(9-7-14)20(18,19)11-10-17-12-13-4-2-1-3-5-13/h6-9,13,17H,1-5,10-12H2. The average molecular weight is 360 g/mol. The van der Waals surface area contributed by atoms with Crippen LogP contribution in [-0.4, -0.2) is 27.3 Å². The molecule has 5 heteroatoms. The summed E-state index contributed by atoms with van der Waals surface area (Å²) in [6, 6.07) is 6.84. The van der Waals surface area contributed by atoms with Gasteiger partial charge in [0.15, 0.2) is 9.84 Å². The van der Waals surface area contributed by atoms with Gasteiger partial charge in [0.2, 0.25) is 0 Å². The van der Waals surface area contributed by atoms with Gasteiger partial charge >= 0.3 is 0 Å². The Balaban J connectivity index is 1.76. The van der Waals surface area contributed by atoms with E-state index in [1.54, 1.807) is 24.3 Å². The first-order valence-electron chi connectivity index (χ1n) is 7.27. The van der Waals surface area contributed by atoms with Crippen LogP contribution in [0.2, 0.25) is 0 Å². The van der Waals surface area contributed by atoms with Gasteiger partial charge in [0.05, 0.1) is 10.6 Å². The molecule has 1 aliphatic rings. The molecule has 112 valence electrons. The van der Waals surface area contributed by atoms with Gasteiger partial charge in [-0.15, -0.1) is 0 Å². The zero-order chi connectivity index (χ0) is 14.4. The van der Waals surface area contributed by atoms with Gasteiger partial charge in [-0.1, -0.05) is 35.2 Å². The maximum absolute atomic E-state index is 12.1. The maximum Gasteiger partial charge on any atom is 0.179 e. The molecule has 0 atom stereocenters. The number of halogens is 1. The molecule has 0 bridgehead atoms. The van der Waals surface area contributed by atoms with Crippen LogP contribution in [0.5, 0.6) is 0 Å². The molecule has 1 N–H and O–H groups in total. The highest BCUT2D eigenvalue weighted by Crippen LogP contribution is 2.22. The quantitative estimate of drug-likeness (QED) is 0.791. The van der Waals surface area contributed by atoms with Gasteiger partial charge in [0, 0.05) is 11.0 Å². The lowest BCUT2D eigenvalue weighted by Gasteiger charge is -2.21. The highest BCUT2D eigenvalue weighted by atomic mass is 79.9. The van der Waals surface area contributed by atoms with Crippen LogP contribution in [0, 0.1) is 5.92 Å². The van der Waals surface area contributed by atoms with Gasteiger partial charge in [0.1, 0.15) is 0 Å². The molecule has 3 nitrogen and oxygen atoms in total. The molecule has 1 fully saturated rings. The first kappa shape index (κ1) is 16.0. The third kappa shape index (κ3) is 4.86. The van der Waals surface area contributed by atoms with Gasteiger partial charge in [-0.2, -0.15) is 0 Å².